The summed E-state index contributed by atoms with van der Waals surface area (Å²) in [5.41, 5.74) is 1.03. The highest BCUT2D eigenvalue weighted by Gasteiger charge is 2.14. The fourth-order valence-corrected chi connectivity index (χ4v) is 2.62. The lowest BCUT2D eigenvalue weighted by atomic mass is 10.1. The molecule has 146 valence electrons. The molecule has 2 heterocycles. The maximum atomic E-state index is 12.6. The van der Waals surface area contributed by atoms with Crippen molar-refractivity contribution in [2.45, 2.75) is 13.0 Å². The average molecular weight is 388 g/mol. The molecule has 7 nitrogen and oxygen atoms in total. The maximum Gasteiger partial charge on any atom is 0.387 e. The fraction of sp³-hybridized carbons (Fsp3) is 0.211. The number of nitrogens with one attached hydrogen (secondary N) is 1. The number of para-hydroxylation sites is 1. The van der Waals surface area contributed by atoms with Crippen molar-refractivity contribution in [2.75, 3.05) is 13.7 Å². The topological polar surface area (TPSA) is 77.8 Å². The Hall–Kier alpha value is -3.49. The van der Waals surface area contributed by atoms with Crippen molar-refractivity contribution in [1.82, 2.24) is 19.9 Å². The van der Waals surface area contributed by atoms with Gasteiger partial charge in [-0.2, -0.15) is 8.78 Å². The van der Waals surface area contributed by atoms with Gasteiger partial charge in [-0.05, 0) is 24.3 Å². The molecule has 0 fully saturated rings. The Morgan fingerprint density at radius 2 is 2.11 bits per heavy atom. The Morgan fingerprint density at radius 3 is 2.89 bits per heavy atom. The number of hydrogen-bond donors (Lipinski definition) is 1. The zero-order chi connectivity index (χ0) is 19.9. The Bertz CT molecular complexity index is 988. The molecule has 0 aliphatic heterocycles. The quantitative estimate of drug-likeness (QED) is 0.601. The molecule has 2 aromatic heterocycles. The molecule has 0 aliphatic rings. The van der Waals surface area contributed by atoms with Gasteiger partial charge in [0.1, 0.15) is 5.82 Å². The van der Waals surface area contributed by atoms with E-state index in [1.807, 2.05) is 28.8 Å². The van der Waals surface area contributed by atoms with Gasteiger partial charge in [-0.3, -0.25) is 9.20 Å². The van der Waals surface area contributed by atoms with E-state index < -0.39 is 6.61 Å². The van der Waals surface area contributed by atoms with Crippen LogP contribution in [0.2, 0.25) is 0 Å². The number of amides is 1. The molecule has 0 unspecified atom stereocenters. The molecule has 0 bridgehead atoms. The number of alkyl halides is 2. The van der Waals surface area contributed by atoms with Gasteiger partial charge in [0.05, 0.1) is 7.11 Å². The second kappa shape index (κ2) is 8.94. The molecule has 0 atom stereocenters. The third-order valence-corrected chi connectivity index (χ3v) is 3.88. The van der Waals surface area contributed by atoms with Crippen LogP contribution >= 0.6 is 0 Å². The smallest absolute Gasteiger partial charge is 0.387 e. The SMILES string of the molecule is COc1cccc(/C=C/C(=O)NCCc2nnc3ccccn23)c1OC(F)F. The molecule has 28 heavy (non-hydrogen) atoms. The van der Waals surface area contributed by atoms with Gasteiger partial charge in [0.25, 0.3) is 0 Å². The Labute approximate surface area is 159 Å². The van der Waals surface area contributed by atoms with Gasteiger partial charge in [-0.25, -0.2) is 0 Å². The van der Waals surface area contributed by atoms with Crippen molar-refractivity contribution in [1.29, 1.82) is 0 Å². The van der Waals surface area contributed by atoms with Crippen LogP contribution < -0.4 is 14.8 Å². The summed E-state index contributed by atoms with van der Waals surface area (Å²) < 4.78 is 36.6. The zero-order valence-electron chi connectivity index (χ0n) is 15.0. The maximum absolute atomic E-state index is 12.6. The third-order valence-electron chi connectivity index (χ3n) is 3.88. The lowest BCUT2D eigenvalue weighted by molar-refractivity contribution is -0.116. The van der Waals surface area contributed by atoms with Crippen molar-refractivity contribution in [3.63, 3.8) is 0 Å². The highest BCUT2D eigenvalue weighted by molar-refractivity contribution is 5.92. The van der Waals surface area contributed by atoms with Gasteiger partial charge in [0.15, 0.2) is 17.1 Å². The fourth-order valence-electron chi connectivity index (χ4n) is 2.62. The number of carbonyl (C=O) groups excluding carboxylic acids is 1. The van der Waals surface area contributed by atoms with Crippen LogP contribution in [0.15, 0.2) is 48.7 Å². The first kappa shape index (κ1) is 19.3. The van der Waals surface area contributed by atoms with Gasteiger partial charge in [-0.1, -0.05) is 18.2 Å². The average Bonchev–Trinajstić information content (AvgIpc) is 3.10. The predicted octanol–water partition coefficient (Wildman–Crippen LogP) is 2.71. The summed E-state index contributed by atoms with van der Waals surface area (Å²) in [5, 5.41) is 10.8. The normalized spacial score (nSPS) is 11.3. The van der Waals surface area contributed by atoms with E-state index in [1.165, 1.54) is 25.3 Å². The Morgan fingerprint density at radius 1 is 1.25 bits per heavy atom. The molecule has 0 spiro atoms. The lowest BCUT2D eigenvalue weighted by Gasteiger charge is -2.12. The van der Waals surface area contributed by atoms with Crippen molar-refractivity contribution < 1.29 is 23.0 Å². The number of halogens is 2. The molecule has 0 radical (unpaired) electrons. The van der Waals surface area contributed by atoms with Gasteiger partial charge in [-0.15, -0.1) is 10.2 Å². The number of hydrogen-bond acceptors (Lipinski definition) is 5. The van der Waals surface area contributed by atoms with E-state index >= 15 is 0 Å². The monoisotopic (exact) mass is 388 g/mol. The zero-order valence-corrected chi connectivity index (χ0v) is 15.0. The number of fused-ring (bicyclic) bond motifs is 1. The predicted molar refractivity (Wildman–Crippen MR) is 98.4 cm³/mol. The van der Waals surface area contributed by atoms with Crippen molar-refractivity contribution in [2.24, 2.45) is 0 Å². The van der Waals surface area contributed by atoms with Crippen LogP contribution in [0.3, 0.4) is 0 Å². The third kappa shape index (κ3) is 4.61. The number of carbonyl (C=O) groups is 1. The van der Waals surface area contributed by atoms with E-state index in [9.17, 15) is 13.6 Å². The summed E-state index contributed by atoms with van der Waals surface area (Å²) in [4.78, 5) is 12.0. The van der Waals surface area contributed by atoms with Crippen LogP contribution in [0.5, 0.6) is 11.5 Å². The van der Waals surface area contributed by atoms with Gasteiger partial charge in [0.2, 0.25) is 5.91 Å². The van der Waals surface area contributed by atoms with Crippen LogP contribution in [0, 0.1) is 0 Å². The second-order valence-corrected chi connectivity index (χ2v) is 5.68. The van der Waals surface area contributed by atoms with Crippen LogP contribution in [-0.2, 0) is 11.2 Å². The van der Waals surface area contributed by atoms with Crippen LogP contribution in [-0.4, -0.2) is 40.8 Å². The molecule has 0 aliphatic carbocycles. The number of methoxy groups -OCH3 is 1. The first-order chi connectivity index (χ1) is 13.6. The molecule has 0 saturated carbocycles. The molecular weight excluding hydrogens is 370 g/mol. The summed E-state index contributed by atoms with van der Waals surface area (Å²) in [6.07, 6.45) is 4.97. The standard InChI is InChI=1S/C19H18F2N4O3/c1-27-14-6-4-5-13(18(14)28-19(20)21)8-9-17(26)22-11-10-16-24-23-15-7-2-3-12-25(15)16/h2-9,12,19H,10-11H2,1H3,(H,22,26)/b9-8+. The molecule has 1 amide bonds. The molecule has 3 aromatic rings. The van der Waals surface area contributed by atoms with E-state index in [0.29, 0.717) is 18.5 Å². The number of aromatic nitrogens is 3. The molecule has 9 heteroatoms. The lowest BCUT2D eigenvalue weighted by Crippen LogP contribution is -2.24. The van der Waals surface area contributed by atoms with E-state index in [0.717, 1.165) is 11.5 Å². The molecule has 3 rings (SSSR count). The summed E-state index contributed by atoms with van der Waals surface area (Å²) >= 11 is 0. The summed E-state index contributed by atoms with van der Waals surface area (Å²) in [5.74, 6) is 0.375. The second-order valence-electron chi connectivity index (χ2n) is 5.68. The van der Waals surface area contributed by atoms with Crippen LogP contribution in [0.25, 0.3) is 11.7 Å². The Balaban J connectivity index is 1.61. The number of nitrogens with zero attached hydrogens (tertiary/aromatic N) is 3. The number of benzene rings is 1. The molecule has 1 aromatic carbocycles. The van der Waals surface area contributed by atoms with Gasteiger partial charge < -0.3 is 14.8 Å². The van der Waals surface area contributed by atoms with E-state index in [-0.39, 0.29) is 17.4 Å². The van der Waals surface area contributed by atoms with Crippen LogP contribution in [0.1, 0.15) is 11.4 Å². The summed E-state index contributed by atoms with van der Waals surface area (Å²) in [6.45, 7) is -2.66. The van der Waals surface area contributed by atoms with Crippen molar-refractivity contribution in [3.8, 4) is 11.5 Å². The van der Waals surface area contributed by atoms with Crippen molar-refractivity contribution in [3.05, 3.63) is 60.1 Å². The number of ether oxygens (including phenoxy) is 2. The minimum atomic E-state index is -3.00. The number of pyridine rings is 1. The van der Waals surface area contributed by atoms with E-state index in [2.05, 4.69) is 20.3 Å². The highest BCUT2D eigenvalue weighted by Crippen LogP contribution is 2.33. The van der Waals surface area contributed by atoms with Crippen LogP contribution in [0.4, 0.5) is 8.78 Å². The largest absolute Gasteiger partial charge is 0.493 e. The minimum Gasteiger partial charge on any atom is -0.493 e. The van der Waals surface area contributed by atoms with Gasteiger partial charge >= 0.3 is 6.61 Å². The summed E-state index contributed by atoms with van der Waals surface area (Å²) in [7, 11) is 1.35. The number of rotatable bonds is 8. The van der Waals surface area contributed by atoms with E-state index in [4.69, 9.17) is 4.74 Å². The van der Waals surface area contributed by atoms with E-state index in [1.54, 1.807) is 12.1 Å². The van der Waals surface area contributed by atoms with Gasteiger partial charge in [0, 0.05) is 30.8 Å². The van der Waals surface area contributed by atoms with Crippen molar-refractivity contribution >= 4 is 17.6 Å². The first-order valence-corrected chi connectivity index (χ1v) is 8.45. The highest BCUT2D eigenvalue weighted by atomic mass is 19.3. The minimum absolute atomic E-state index is 0.126. The Kier molecular flexibility index (Phi) is 6.15. The molecular formula is C19H18F2N4O3. The first-order valence-electron chi connectivity index (χ1n) is 8.45. The molecule has 0 saturated heterocycles. The molecule has 1 N–H and O–H groups in total. The summed E-state index contributed by atoms with van der Waals surface area (Å²) in [6, 6.07) is 10.2.